The third-order valence-corrected chi connectivity index (χ3v) is 3.39. The molecular formula is C16H16N2O. The molecule has 3 nitrogen and oxygen atoms in total. The first-order valence-corrected chi connectivity index (χ1v) is 6.44. The van der Waals surface area contributed by atoms with Gasteiger partial charge in [0.2, 0.25) is 5.91 Å². The van der Waals surface area contributed by atoms with E-state index in [1.165, 1.54) is 11.1 Å². The summed E-state index contributed by atoms with van der Waals surface area (Å²) in [6.45, 7) is 2.72. The van der Waals surface area contributed by atoms with Crippen molar-refractivity contribution in [3.63, 3.8) is 0 Å². The zero-order chi connectivity index (χ0) is 13.2. The summed E-state index contributed by atoms with van der Waals surface area (Å²) in [5.41, 5.74) is 7.68. The molecule has 0 aromatic heterocycles. The first kappa shape index (κ1) is 11.9. The van der Waals surface area contributed by atoms with Crippen LogP contribution in [0.5, 0.6) is 0 Å². The van der Waals surface area contributed by atoms with Crippen LogP contribution in [0, 0.1) is 6.92 Å². The molecule has 19 heavy (non-hydrogen) atoms. The highest BCUT2D eigenvalue weighted by Gasteiger charge is 2.26. The van der Waals surface area contributed by atoms with E-state index in [1.54, 1.807) is 5.01 Å². The fourth-order valence-electron chi connectivity index (χ4n) is 2.30. The fourth-order valence-corrected chi connectivity index (χ4v) is 2.30. The second-order valence-corrected chi connectivity index (χ2v) is 4.86. The van der Waals surface area contributed by atoms with Crippen LogP contribution in [0.1, 0.15) is 16.7 Å². The molecular weight excluding hydrogens is 236 g/mol. The van der Waals surface area contributed by atoms with E-state index in [0.717, 1.165) is 11.3 Å². The van der Waals surface area contributed by atoms with E-state index in [9.17, 15) is 4.79 Å². The van der Waals surface area contributed by atoms with Crippen molar-refractivity contribution >= 4 is 11.6 Å². The van der Waals surface area contributed by atoms with Gasteiger partial charge in [-0.15, -0.1) is 0 Å². The average Bonchev–Trinajstić information content (AvgIpc) is 2.74. The van der Waals surface area contributed by atoms with Crippen molar-refractivity contribution in [2.75, 3.05) is 5.01 Å². The fraction of sp³-hybridized carbons (Fsp3) is 0.188. The Labute approximate surface area is 112 Å². The minimum absolute atomic E-state index is 0.105. The minimum Gasteiger partial charge on any atom is -0.273 e. The van der Waals surface area contributed by atoms with Crippen molar-refractivity contribution in [2.24, 2.45) is 0 Å². The zero-order valence-corrected chi connectivity index (χ0v) is 10.9. The predicted molar refractivity (Wildman–Crippen MR) is 75.7 cm³/mol. The molecule has 1 N–H and O–H groups in total. The maximum atomic E-state index is 12.0. The second-order valence-electron chi connectivity index (χ2n) is 4.86. The van der Waals surface area contributed by atoms with Gasteiger partial charge < -0.3 is 0 Å². The van der Waals surface area contributed by atoms with E-state index in [4.69, 9.17) is 0 Å². The second kappa shape index (κ2) is 4.86. The van der Waals surface area contributed by atoms with Gasteiger partial charge in [-0.1, -0.05) is 48.0 Å². The van der Waals surface area contributed by atoms with E-state index >= 15 is 0 Å². The summed E-state index contributed by atoms with van der Waals surface area (Å²) in [6, 6.07) is 16.2. The number of nitrogens with zero attached hydrogens (tertiary/aromatic N) is 1. The Morgan fingerprint density at radius 2 is 1.84 bits per heavy atom. The largest absolute Gasteiger partial charge is 0.273 e. The minimum atomic E-state index is 0.105. The molecule has 96 valence electrons. The number of carbonyl (C=O) groups excluding carboxylic acids is 1. The molecule has 1 aliphatic rings. The van der Waals surface area contributed by atoms with Crippen molar-refractivity contribution < 1.29 is 4.79 Å². The third-order valence-electron chi connectivity index (χ3n) is 3.39. The summed E-state index contributed by atoms with van der Waals surface area (Å²) in [4.78, 5) is 12.0. The maximum absolute atomic E-state index is 12.0. The topological polar surface area (TPSA) is 32.3 Å². The molecule has 0 saturated carbocycles. The predicted octanol–water partition coefficient (Wildman–Crippen LogP) is 2.59. The van der Waals surface area contributed by atoms with Gasteiger partial charge in [0.15, 0.2) is 0 Å². The van der Waals surface area contributed by atoms with Crippen LogP contribution in [0.2, 0.25) is 0 Å². The molecule has 1 aliphatic heterocycles. The van der Waals surface area contributed by atoms with Gasteiger partial charge in [-0.05, 0) is 24.1 Å². The molecule has 0 spiro atoms. The van der Waals surface area contributed by atoms with Gasteiger partial charge >= 0.3 is 0 Å². The van der Waals surface area contributed by atoms with Crippen LogP contribution in [0.25, 0.3) is 0 Å². The van der Waals surface area contributed by atoms with E-state index in [0.29, 0.717) is 13.0 Å². The Bertz CT molecular complexity index is 604. The number of amides is 1. The van der Waals surface area contributed by atoms with E-state index in [1.807, 2.05) is 24.3 Å². The first-order chi connectivity index (χ1) is 9.24. The number of hydrazine groups is 1. The molecule has 3 heteroatoms. The molecule has 0 fully saturated rings. The van der Waals surface area contributed by atoms with Crippen LogP contribution in [0.3, 0.4) is 0 Å². The Hall–Kier alpha value is -2.13. The Morgan fingerprint density at radius 1 is 1.11 bits per heavy atom. The van der Waals surface area contributed by atoms with Gasteiger partial charge in [0.1, 0.15) is 0 Å². The van der Waals surface area contributed by atoms with E-state index in [2.05, 4.69) is 36.6 Å². The van der Waals surface area contributed by atoms with Crippen molar-refractivity contribution in [1.82, 2.24) is 5.43 Å². The number of carbonyl (C=O) groups is 1. The quantitative estimate of drug-likeness (QED) is 0.910. The van der Waals surface area contributed by atoms with Crippen LogP contribution < -0.4 is 10.4 Å². The SMILES string of the molecule is Cc1ccc(CNN2C(=O)Cc3ccccc32)cc1. The summed E-state index contributed by atoms with van der Waals surface area (Å²) < 4.78 is 0. The van der Waals surface area contributed by atoms with E-state index in [-0.39, 0.29) is 5.91 Å². The van der Waals surface area contributed by atoms with Crippen LogP contribution in [-0.2, 0) is 17.8 Å². The summed E-state index contributed by atoms with van der Waals surface area (Å²) >= 11 is 0. The molecule has 0 bridgehead atoms. The number of nitrogens with one attached hydrogen (secondary N) is 1. The molecule has 1 heterocycles. The zero-order valence-electron chi connectivity index (χ0n) is 10.9. The molecule has 2 aromatic carbocycles. The highest BCUT2D eigenvalue weighted by molar-refractivity contribution is 6.00. The number of fused-ring (bicyclic) bond motifs is 1. The lowest BCUT2D eigenvalue weighted by Gasteiger charge is -2.18. The normalized spacial score (nSPS) is 13.7. The van der Waals surface area contributed by atoms with Crippen LogP contribution >= 0.6 is 0 Å². The number of hydrogen-bond acceptors (Lipinski definition) is 2. The number of anilines is 1. The third kappa shape index (κ3) is 2.37. The van der Waals surface area contributed by atoms with Crippen LogP contribution in [0.4, 0.5) is 5.69 Å². The number of aryl methyl sites for hydroxylation is 1. The lowest BCUT2D eigenvalue weighted by atomic mass is 10.1. The Morgan fingerprint density at radius 3 is 2.63 bits per heavy atom. The van der Waals surface area contributed by atoms with Gasteiger partial charge in [-0.3, -0.25) is 4.79 Å². The summed E-state index contributed by atoms with van der Waals surface area (Å²) in [7, 11) is 0. The molecule has 0 unspecified atom stereocenters. The standard InChI is InChI=1S/C16H16N2O/c1-12-6-8-13(9-7-12)11-17-18-15-5-3-2-4-14(15)10-16(18)19/h2-9,17H,10-11H2,1H3. The molecule has 3 rings (SSSR count). The first-order valence-electron chi connectivity index (χ1n) is 6.44. The summed E-state index contributed by atoms with van der Waals surface area (Å²) in [5, 5.41) is 1.66. The summed E-state index contributed by atoms with van der Waals surface area (Å²) in [6.07, 6.45) is 0.483. The van der Waals surface area contributed by atoms with Gasteiger partial charge in [0.25, 0.3) is 0 Å². The number of benzene rings is 2. The number of hydrogen-bond donors (Lipinski definition) is 1. The lowest BCUT2D eigenvalue weighted by Crippen LogP contribution is -2.39. The Kier molecular flexibility index (Phi) is 3.05. The van der Waals surface area contributed by atoms with Crippen LogP contribution in [0.15, 0.2) is 48.5 Å². The molecule has 0 saturated heterocycles. The molecule has 0 atom stereocenters. The van der Waals surface area contributed by atoms with Crippen molar-refractivity contribution in [3.8, 4) is 0 Å². The van der Waals surface area contributed by atoms with Gasteiger partial charge in [-0.2, -0.15) is 0 Å². The van der Waals surface area contributed by atoms with Gasteiger partial charge in [0.05, 0.1) is 12.1 Å². The number of rotatable bonds is 3. The molecule has 1 amide bonds. The smallest absolute Gasteiger partial charge is 0.245 e. The maximum Gasteiger partial charge on any atom is 0.245 e. The van der Waals surface area contributed by atoms with Gasteiger partial charge in [0, 0.05) is 6.54 Å². The van der Waals surface area contributed by atoms with Crippen molar-refractivity contribution in [1.29, 1.82) is 0 Å². The van der Waals surface area contributed by atoms with E-state index < -0.39 is 0 Å². The van der Waals surface area contributed by atoms with Crippen molar-refractivity contribution in [3.05, 3.63) is 65.2 Å². The number of para-hydroxylation sites is 1. The highest BCUT2D eigenvalue weighted by Crippen LogP contribution is 2.26. The Balaban J connectivity index is 1.73. The van der Waals surface area contributed by atoms with Crippen molar-refractivity contribution in [2.45, 2.75) is 19.9 Å². The lowest BCUT2D eigenvalue weighted by molar-refractivity contribution is -0.118. The monoisotopic (exact) mass is 252 g/mol. The molecule has 2 aromatic rings. The van der Waals surface area contributed by atoms with Gasteiger partial charge in [-0.25, -0.2) is 10.4 Å². The average molecular weight is 252 g/mol. The molecule has 0 aliphatic carbocycles. The molecule has 0 radical (unpaired) electrons. The summed E-state index contributed by atoms with van der Waals surface area (Å²) in [5.74, 6) is 0.105. The highest BCUT2D eigenvalue weighted by atomic mass is 16.2. The van der Waals surface area contributed by atoms with Crippen LogP contribution in [-0.4, -0.2) is 5.91 Å².